The molecule has 350 valence electrons. The summed E-state index contributed by atoms with van der Waals surface area (Å²) in [6.45, 7) is 0. The average molecular weight is 955 g/mol. The molecule has 0 saturated heterocycles. The third-order valence-corrected chi connectivity index (χ3v) is 15.3. The zero-order valence-corrected chi connectivity index (χ0v) is 40.9. The van der Waals surface area contributed by atoms with Crippen LogP contribution in [0.2, 0.25) is 0 Å². The Labute approximate surface area is 434 Å². The Kier molecular flexibility index (Phi) is 9.89. The van der Waals surface area contributed by atoms with Crippen molar-refractivity contribution in [3.05, 3.63) is 279 Å². The van der Waals surface area contributed by atoms with Crippen LogP contribution in [0.1, 0.15) is 0 Å². The summed E-state index contributed by atoms with van der Waals surface area (Å²) in [6, 6.07) is 102. The minimum atomic E-state index is 0.877. The Morgan fingerprint density at radius 2 is 0.867 bits per heavy atom. The zero-order chi connectivity index (χ0) is 49.4. The van der Waals surface area contributed by atoms with Crippen molar-refractivity contribution in [2.75, 3.05) is 4.90 Å². The van der Waals surface area contributed by atoms with Crippen LogP contribution in [0.15, 0.2) is 283 Å². The van der Waals surface area contributed by atoms with Crippen molar-refractivity contribution in [1.82, 2.24) is 4.57 Å². The maximum atomic E-state index is 6.70. The first-order valence-corrected chi connectivity index (χ1v) is 25.7. The van der Waals surface area contributed by atoms with Gasteiger partial charge in [0.15, 0.2) is 0 Å². The maximum absolute atomic E-state index is 6.70. The van der Waals surface area contributed by atoms with Crippen molar-refractivity contribution >= 4 is 93.1 Å². The van der Waals surface area contributed by atoms with E-state index in [1.54, 1.807) is 0 Å². The summed E-state index contributed by atoms with van der Waals surface area (Å²) < 4.78 is 9.09. The van der Waals surface area contributed by atoms with Crippen molar-refractivity contribution in [3.8, 4) is 50.2 Å². The van der Waals surface area contributed by atoms with Crippen LogP contribution < -0.4 is 4.90 Å². The summed E-state index contributed by atoms with van der Waals surface area (Å²) >= 11 is 0. The summed E-state index contributed by atoms with van der Waals surface area (Å²) in [5, 5.41) is 12.0. The number of nitrogens with zero attached hydrogens (tertiary/aromatic N) is 2. The van der Waals surface area contributed by atoms with Gasteiger partial charge in [-0.25, -0.2) is 0 Å². The molecule has 0 radical (unpaired) electrons. The van der Waals surface area contributed by atoms with E-state index in [9.17, 15) is 0 Å². The molecule has 3 heteroatoms. The second-order valence-electron chi connectivity index (χ2n) is 19.6. The van der Waals surface area contributed by atoms with Gasteiger partial charge in [0.1, 0.15) is 11.2 Å². The molecule has 15 aromatic rings. The van der Waals surface area contributed by atoms with Gasteiger partial charge in [-0.05, 0) is 145 Å². The molecule has 2 aromatic heterocycles. The van der Waals surface area contributed by atoms with E-state index >= 15 is 0 Å². The van der Waals surface area contributed by atoms with E-state index in [1.807, 2.05) is 0 Å². The van der Waals surface area contributed by atoms with Crippen molar-refractivity contribution in [3.63, 3.8) is 0 Å². The molecule has 0 spiro atoms. The number of hydrogen-bond donors (Lipinski definition) is 0. The number of rotatable bonds is 8. The van der Waals surface area contributed by atoms with Gasteiger partial charge >= 0.3 is 0 Å². The Hall–Kier alpha value is -9.96. The number of anilines is 3. The molecule has 0 aliphatic heterocycles. The molecule has 0 unspecified atom stereocenters. The van der Waals surface area contributed by atoms with Crippen molar-refractivity contribution in [1.29, 1.82) is 0 Å². The predicted octanol–water partition coefficient (Wildman–Crippen LogP) is 20.3. The van der Waals surface area contributed by atoms with Crippen LogP contribution in [0.5, 0.6) is 0 Å². The minimum absolute atomic E-state index is 0.877. The monoisotopic (exact) mass is 954 g/mol. The van der Waals surface area contributed by atoms with E-state index in [0.717, 1.165) is 89.0 Å². The number of fused-ring (bicyclic) bond motifs is 11. The Morgan fingerprint density at radius 1 is 0.293 bits per heavy atom. The van der Waals surface area contributed by atoms with Crippen LogP contribution in [0.3, 0.4) is 0 Å². The number of para-hydroxylation sites is 2. The fourth-order valence-electron chi connectivity index (χ4n) is 11.8. The summed E-state index contributed by atoms with van der Waals surface area (Å²) in [5.74, 6) is 0. The van der Waals surface area contributed by atoms with Crippen LogP contribution >= 0.6 is 0 Å². The van der Waals surface area contributed by atoms with E-state index < -0.39 is 0 Å². The fourth-order valence-corrected chi connectivity index (χ4v) is 11.8. The molecule has 75 heavy (non-hydrogen) atoms. The summed E-state index contributed by atoms with van der Waals surface area (Å²) in [7, 11) is 0. The maximum Gasteiger partial charge on any atom is 0.143 e. The third kappa shape index (κ3) is 7.12. The van der Waals surface area contributed by atoms with Gasteiger partial charge < -0.3 is 13.9 Å². The van der Waals surface area contributed by atoms with Gasteiger partial charge in [0.05, 0.1) is 16.7 Å². The molecule has 0 saturated carbocycles. The molecule has 0 fully saturated rings. The standard InChI is InChI=1S/C72H46N2O/c1-2-15-48(16-3-1)66-46-54(53-34-33-51-32-31-49-17-4-6-23-59(49)65(51)45-53)38-42-69(66)73(57-21-13-20-55(44-57)60-27-14-30-70-71(60)64-41-37-50-18-5-7-24-61(50)72(64)75-70)56-39-35-47(36-40-56)52-19-12-22-58(43-52)74-67-28-10-8-25-62(67)63-26-9-11-29-68(63)74/h1-46H. The minimum Gasteiger partial charge on any atom is -0.455 e. The number of furan rings is 1. The zero-order valence-electron chi connectivity index (χ0n) is 40.9. The highest BCUT2D eigenvalue weighted by Crippen LogP contribution is 2.46. The largest absolute Gasteiger partial charge is 0.455 e. The first-order chi connectivity index (χ1) is 37.2. The smallest absolute Gasteiger partial charge is 0.143 e. The molecular weight excluding hydrogens is 909 g/mol. The average Bonchev–Trinajstić information content (AvgIpc) is 4.08. The molecule has 13 aromatic carbocycles. The first-order valence-electron chi connectivity index (χ1n) is 25.7. The lowest BCUT2D eigenvalue weighted by molar-refractivity contribution is 0.673. The van der Waals surface area contributed by atoms with Crippen molar-refractivity contribution < 1.29 is 4.42 Å². The van der Waals surface area contributed by atoms with Gasteiger partial charge in [-0.15, -0.1) is 0 Å². The topological polar surface area (TPSA) is 21.3 Å². The van der Waals surface area contributed by atoms with Gasteiger partial charge in [-0.3, -0.25) is 0 Å². The Morgan fingerprint density at radius 3 is 1.67 bits per heavy atom. The van der Waals surface area contributed by atoms with Crippen molar-refractivity contribution in [2.45, 2.75) is 0 Å². The molecule has 15 rings (SSSR count). The van der Waals surface area contributed by atoms with E-state index in [0.29, 0.717) is 0 Å². The summed E-state index contributed by atoms with van der Waals surface area (Å²) in [5.41, 5.74) is 17.6. The Bertz CT molecular complexity index is 4660. The van der Waals surface area contributed by atoms with Gasteiger partial charge in [0.2, 0.25) is 0 Å². The molecule has 0 bridgehead atoms. The molecule has 0 aliphatic rings. The van der Waals surface area contributed by atoms with Gasteiger partial charge in [-0.1, -0.05) is 200 Å². The Balaban J connectivity index is 0.900. The van der Waals surface area contributed by atoms with Crippen LogP contribution in [0.25, 0.3) is 126 Å². The predicted molar refractivity (Wildman–Crippen MR) is 317 cm³/mol. The van der Waals surface area contributed by atoms with Gasteiger partial charge in [-0.2, -0.15) is 0 Å². The number of benzene rings is 13. The second kappa shape index (κ2) is 17.4. The van der Waals surface area contributed by atoms with Crippen LogP contribution in [0.4, 0.5) is 17.1 Å². The second-order valence-corrected chi connectivity index (χ2v) is 19.6. The van der Waals surface area contributed by atoms with E-state index in [4.69, 9.17) is 4.42 Å². The fraction of sp³-hybridized carbons (Fsp3) is 0. The van der Waals surface area contributed by atoms with Crippen LogP contribution in [-0.4, -0.2) is 4.57 Å². The molecule has 0 aliphatic carbocycles. The number of hydrogen-bond acceptors (Lipinski definition) is 2. The van der Waals surface area contributed by atoms with Gasteiger partial charge in [0, 0.05) is 49.6 Å². The lowest BCUT2D eigenvalue weighted by atomic mass is 9.93. The normalized spacial score (nSPS) is 11.7. The van der Waals surface area contributed by atoms with Crippen LogP contribution in [0, 0.1) is 0 Å². The van der Waals surface area contributed by atoms with E-state index in [2.05, 4.69) is 289 Å². The SMILES string of the molecule is c1ccc(-c2cc(-c3ccc4ccc5ccccc5c4c3)ccc2N(c2ccc(-c3cccc(-n4c5ccccc5c5ccccc54)c3)cc2)c2cccc(-c3cccc4oc5c6ccccc6ccc5c34)c2)cc1. The molecule has 0 atom stereocenters. The molecule has 0 amide bonds. The highest BCUT2D eigenvalue weighted by molar-refractivity contribution is 6.19. The summed E-state index contributed by atoms with van der Waals surface area (Å²) in [6.07, 6.45) is 0. The highest BCUT2D eigenvalue weighted by Gasteiger charge is 2.22. The lowest BCUT2D eigenvalue weighted by Crippen LogP contribution is -2.11. The van der Waals surface area contributed by atoms with Crippen LogP contribution in [-0.2, 0) is 0 Å². The lowest BCUT2D eigenvalue weighted by Gasteiger charge is -2.29. The highest BCUT2D eigenvalue weighted by atomic mass is 16.3. The molecular formula is C72H46N2O. The third-order valence-electron chi connectivity index (χ3n) is 15.3. The van der Waals surface area contributed by atoms with Crippen molar-refractivity contribution in [2.24, 2.45) is 0 Å². The van der Waals surface area contributed by atoms with E-state index in [-0.39, 0.29) is 0 Å². The summed E-state index contributed by atoms with van der Waals surface area (Å²) in [4.78, 5) is 2.43. The molecule has 2 heterocycles. The first kappa shape index (κ1) is 42.7. The van der Waals surface area contributed by atoms with E-state index in [1.165, 1.54) is 54.3 Å². The van der Waals surface area contributed by atoms with Gasteiger partial charge in [0.25, 0.3) is 0 Å². The molecule has 3 nitrogen and oxygen atoms in total. The quantitative estimate of drug-likeness (QED) is 0.142. The number of aromatic nitrogens is 1. The molecule has 0 N–H and O–H groups in total.